The number of likely N-dealkylation sites (tertiary alicyclic amines) is 2. The predicted molar refractivity (Wildman–Crippen MR) is 194 cm³/mol. The minimum absolute atomic E-state index is 0.0835. The van der Waals surface area contributed by atoms with Gasteiger partial charge in [0, 0.05) is 19.0 Å². The summed E-state index contributed by atoms with van der Waals surface area (Å²) < 4.78 is 12.2. The van der Waals surface area contributed by atoms with Crippen molar-refractivity contribution in [2.75, 3.05) is 52.5 Å². The molecule has 8 atom stereocenters. The number of rotatable bonds is 10. The summed E-state index contributed by atoms with van der Waals surface area (Å²) in [6.45, 7) is 13.6. The molecule has 2 aromatic carbocycles. The zero-order chi connectivity index (χ0) is 32.7. The van der Waals surface area contributed by atoms with Crippen molar-refractivity contribution in [3.8, 4) is 11.5 Å². The fourth-order valence-corrected chi connectivity index (χ4v) is 11.8. The number of benzene rings is 2. The summed E-state index contributed by atoms with van der Waals surface area (Å²) in [4.78, 5) is 5.01. The molecule has 0 radical (unpaired) electrons. The van der Waals surface area contributed by atoms with E-state index in [-0.39, 0.29) is 17.4 Å². The Hall–Kier alpha value is -2.34. The second-order valence-electron chi connectivity index (χ2n) is 16.9. The van der Waals surface area contributed by atoms with Crippen LogP contribution in [0.5, 0.6) is 11.5 Å². The van der Waals surface area contributed by atoms with Crippen LogP contribution in [0.4, 0.5) is 0 Å². The van der Waals surface area contributed by atoms with Crippen LogP contribution in [0.2, 0.25) is 0 Å². The molecule has 6 aliphatic rings. The van der Waals surface area contributed by atoms with Gasteiger partial charge in [-0.25, -0.2) is 0 Å². The third-order valence-electron chi connectivity index (χ3n) is 14.5. The Morgan fingerprint density at radius 2 is 1.29 bits per heavy atom. The first-order valence-electron chi connectivity index (χ1n) is 19.7. The van der Waals surface area contributed by atoms with Gasteiger partial charge in [-0.1, -0.05) is 49.8 Å². The minimum Gasteiger partial charge on any atom is -0.492 e. The molecule has 260 valence electrons. The summed E-state index contributed by atoms with van der Waals surface area (Å²) in [6, 6.07) is 17.8. The first-order chi connectivity index (χ1) is 23.4. The largest absolute Gasteiger partial charge is 0.492 e. The molecule has 0 bridgehead atoms. The Morgan fingerprint density at radius 1 is 0.708 bits per heavy atom. The van der Waals surface area contributed by atoms with Crippen LogP contribution in [0.15, 0.2) is 60.2 Å². The molecule has 48 heavy (non-hydrogen) atoms. The molecule has 2 aliphatic heterocycles. The highest BCUT2D eigenvalue weighted by Crippen LogP contribution is 2.68. The zero-order valence-corrected chi connectivity index (χ0v) is 29.8. The fraction of sp³-hybridized carbons (Fsp3) is 0.674. The molecule has 2 aromatic rings. The third-order valence-corrected chi connectivity index (χ3v) is 14.5. The van der Waals surface area contributed by atoms with Crippen molar-refractivity contribution in [3.05, 3.63) is 71.3 Å². The highest BCUT2D eigenvalue weighted by atomic mass is 16.5. The van der Waals surface area contributed by atoms with Gasteiger partial charge in [0.15, 0.2) is 0 Å². The van der Waals surface area contributed by atoms with E-state index in [0.717, 1.165) is 56.1 Å². The monoisotopic (exact) mass is 652 g/mol. The predicted octanol–water partition coefficient (Wildman–Crippen LogP) is 8.44. The topological polar surface area (TPSA) is 45.2 Å². The fourth-order valence-electron chi connectivity index (χ4n) is 11.8. The van der Waals surface area contributed by atoms with Gasteiger partial charge in [0.05, 0.1) is 6.10 Å². The van der Waals surface area contributed by atoms with Gasteiger partial charge in [0.2, 0.25) is 0 Å². The lowest BCUT2D eigenvalue weighted by atomic mass is 9.46. The van der Waals surface area contributed by atoms with Gasteiger partial charge in [0.25, 0.3) is 0 Å². The lowest BCUT2D eigenvalue weighted by molar-refractivity contribution is -0.0580. The lowest BCUT2D eigenvalue weighted by Crippen LogP contribution is -2.51. The molecule has 8 rings (SSSR count). The summed E-state index contributed by atoms with van der Waals surface area (Å²) in [6.07, 6.45) is 16.1. The van der Waals surface area contributed by atoms with Gasteiger partial charge >= 0.3 is 0 Å². The Labute approximate surface area is 290 Å². The van der Waals surface area contributed by atoms with Gasteiger partial charge in [-0.15, -0.1) is 0 Å². The van der Waals surface area contributed by atoms with E-state index in [1.807, 2.05) is 0 Å². The van der Waals surface area contributed by atoms with Gasteiger partial charge in [-0.05, 0) is 167 Å². The van der Waals surface area contributed by atoms with Gasteiger partial charge in [0.1, 0.15) is 24.7 Å². The minimum atomic E-state index is -0.333. The molecule has 5 nitrogen and oxygen atoms in total. The molecular formula is C43H60N2O3. The summed E-state index contributed by atoms with van der Waals surface area (Å²) >= 11 is 0. The zero-order valence-electron chi connectivity index (χ0n) is 29.8. The average molecular weight is 653 g/mol. The van der Waals surface area contributed by atoms with Crippen molar-refractivity contribution in [1.29, 1.82) is 0 Å². The molecule has 2 saturated heterocycles. The standard InChI is InChI=1S/C43H60N2O3/c1-42-20-19-40-36(39(42)18-17-38(42)32-9-14-35(15-10-32)48-28-26-45-23-5-6-24-45)16-11-33-29-37(41(46)30-43(33,40)2)31-7-12-34(13-8-31)47-27-25-44-21-3-4-22-44/h7-10,12-15,29,36-41,46H,3-6,11,16-28,30H2,1-2H3/t36-,37?,38?,39-,40+,41?,42+,43-/m0/s1. The van der Waals surface area contributed by atoms with E-state index in [4.69, 9.17) is 9.47 Å². The number of fused-ring (bicyclic) bond motifs is 5. The summed E-state index contributed by atoms with van der Waals surface area (Å²) in [5, 5.41) is 11.7. The first kappa shape index (κ1) is 32.8. The molecular weight excluding hydrogens is 592 g/mol. The molecule has 5 heteroatoms. The van der Waals surface area contributed by atoms with Crippen LogP contribution < -0.4 is 9.47 Å². The van der Waals surface area contributed by atoms with Crippen molar-refractivity contribution in [2.24, 2.45) is 28.6 Å². The van der Waals surface area contributed by atoms with E-state index < -0.39 is 0 Å². The number of ether oxygens (including phenoxy) is 2. The quantitative estimate of drug-likeness (QED) is 0.261. The van der Waals surface area contributed by atoms with Crippen LogP contribution in [0.1, 0.15) is 107 Å². The molecule has 0 spiro atoms. The van der Waals surface area contributed by atoms with Crippen molar-refractivity contribution >= 4 is 0 Å². The molecule has 0 aromatic heterocycles. The third kappa shape index (κ3) is 6.26. The van der Waals surface area contributed by atoms with Crippen LogP contribution in [0, 0.1) is 28.6 Å². The van der Waals surface area contributed by atoms with Crippen molar-refractivity contribution in [3.63, 3.8) is 0 Å². The summed E-state index contributed by atoms with van der Waals surface area (Å²) in [7, 11) is 0. The average Bonchev–Trinajstić information content (AvgIpc) is 3.87. The second-order valence-corrected chi connectivity index (χ2v) is 16.9. The van der Waals surface area contributed by atoms with E-state index >= 15 is 0 Å². The van der Waals surface area contributed by atoms with E-state index in [1.165, 1.54) is 102 Å². The molecule has 1 N–H and O–H groups in total. The van der Waals surface area contributed by atoms with Gasteiger partial charge in [-0.2, -0.15) is 0 Å². The first-order valence-corrected chi connectivity index (χ1v) is 19.7. The molecule has 3 unspecified atom stereocenters. The summed E-state index contributed by atoms with van der Waals surface area (Å²) in [5.41, 5.74) is 4.86. The van der Waals surface area contributed by atoms with Crippen LogP contribution in [-0.2, 0) is 0 Å². The summed E-state index contributed by atoms with van der Waals surface area (Å²) in [5.74, 6) is 4.92. The SMILES string of the molecule is C[C@]12CC(O)C(c3ccc(OCCN4CCCC4)cc3)C=C1CC[C@@H]1[C@H]2CC[C@]2(C)C(c3ccc(OCCN4CCCC4)cc3)CC[C@@H]12. The number of aliphatic hydroxyl groups is 1. The Balaban J connectivity index is 0.905. The number of hydrogen-bond acceptors (Lipinski definition) is 5. The second kappa shape index (κ2) is 13.8. The van der Waals surface area contributed by atoms with E-state index in [2.05, 4.69) is 78.3 Å². The van der Waals surface area contributed by atoms with Crippen molar-refractivity contribution < 1.29 is 14.6 Å². The maximum absolute atomic E-state index is 11.7. The van der Waals surface area contributed by atoms with E-state index in [9.17, 15) is 5.11 Å². The maximum Gasteiger partial charge on any atom is 0.119 e. The molecule has 4 aliphatic carbocycles. The normalized spacial score (nSPS) is 36.7. The van der Waals surface area contributed by atoms with Crippen LogP contribution in [-0.4, -0.2) is 73.5 Å². The number of aliphatic hydroxyl groups excluding tert-OH is 1. The van der Waals surface area contributed by atoms with Crippen molar-refractivity contribution in [2.45, 2.75) is 102 Å². The number of allylic oxidation sites excluding steroid dienone is 1. The van der Waals surface area contributed by atoms with E-state index in [1.54, 1.807) is 5.57 Å². The Kier molecular flexibility index (Phi) is 9.41. The van der Waals surface area contributed by atoms with Gasteiger partial charge < -0.3 is 14.6 Å². The Morgan fingerprint density at radius 3 is 1.90 bits per heavy atom. The Bertz CT molecular complexity index is 1410. The highest BCUT2D eigenvalue weighted by molar-refractivity contribution is 5.38. The van der Waals surface area contributed by atoms with Crippen LogP contribution in [0.25, 0.3) is 0 Å². The number of hydrogen-bond donors (Lipinski definition) is 1. The van der Waals surface area contributed by atoms with Crippen LogP contribution in [0.3, 0.4) is 0 Å². The maximum atomic E-state index is 11.7. The molecule has 2 heterocycles. The molecule has 3 saturated carbocycles. The van der Waals surface area contributed by atoms with Crippen molar-refractivity contribution in [1.82, 2.24) is 9.80 Å². The van der Waals surface area contributed by atoms with Crippen LogP contribution >= 0.6 is 0 Å². The van der Waals surface area contributed by atoms with Gasteiger partial charge in [-0.3, -0.25) is 9.80 Å². The smallest absolute Gasteiger partial charge is 0.119 e. The number of nitrogens with zero attached hydrogens (tertiary/aromatic N) is 2. The highest BCUT2D eigenvalue weighted by Gasteiger charge is 2.59. The van der Waals surface area contributed by atoms with E-state index in [0.29, 0.717) is 17.3 Å². The lowest BCUT2D eigenvalue weighted by Gasteiger charge is -2.59. The molecule has 0 amide bonds. The molecule has 5 fully saturated rings.